The van der Waals surface area contributed by atoms with Crippen LogP contribution in [0.15, 0.2) is 48.3 Å². The minimum atomic E-state index is -0.438. The van der Waals surface area contributed by atoms with Crippen molar-refractivity contribution in [3.8, 4) is 11.3 Å². The van der Waals surface area contributed by atoms with E-state index in [1.54, 1.807) is 0 Å². The summed E-state index contributed by atoms with van der Waals surface area (Å²) >= 11 is 0. The maximum atomic E-state index is 14.7. The van der Waals surface area contributed by atoms with Crippen molar-refractivity contribution in [2.24, 2.45) is 0 Å². The Balaban J connectivity index is 1.37. The van der Waals surface area contributed by atoms with Crippen molar-refractivity contribution in [1.82, 2.24) is 19.9 Å². The fraction of sp³-hybridized carbons (Fsp3) is 0.370. The molecule has 2 aromatic heterocycles. The highest BCUT2D eigenvalue weighted by molar-refractivity contribution is 5.73. The SMILES string of the molecule is CC1=Cc2ccc(-c3nc(Nc4ccc(C5CCN(C)CC5)cn4)ncc3F)cc2C1(C)C. The van der Waals surface area contributed by atoms with Gasteiger partial charge in [0.05, 0.1) is 6.20 Å². The number of aromatic nitrogens is 3. The molecule has 3 aromatic rings. The minimum absolute atomic E-state index is 0.0741. The number of likely N-dealkylation sites (tertiary alicyclic amines) is 1. The largest absolute Gasteiger partial charge is 0.309 e. The molecule has 1 fully saturated rings. The van der Waals surface area contributed by atoms with E-state index in [4.69, 9.17) is 0 Å². The number of nitrogens with one attached hydrogen (secondary N) is 1. The van der Waals surface area contributed by atoms with E-state index in [0.29, 0.717) is 23.4 Å². The van der Waals surface area contributed by atoms with Crippen LogP contribution in [-0.4, -0.2) is 40.0 Å². The summed E-state index contributed by atoms with van der Waals surface area (Å²) in [5, 5.41) is 3.14. The van der Waals surface area contributed by atoms with Gasteiger partial charge in [-0.25, -0.2) is 19.3 Å². The van der Waals surface area contributed by atoms with Gasteiger partial charge in [-0.05, 0) is 74.6 Å². The van der Waals surface area contributed by atoms with Gasteiger partial charge in [-0.2, -0.15) is 0 Å². The van der Waals surface area contributed by atoms with Gasteiger partial charge in [0.2, 0.25) is 5.95 Å². The molecule has 3 heterocycles. The summed E-state index contributed by atoms with van der Waals surface area (Å²) in [7, 11) is 2.17. The van der Waals surface area contributed by atoms with Crippen molar-refractivity contribution in [3.63, 3.8) is 0 Å². The molecule has 6 heteroatoms. The molecule has 0 unspecified atom stereocenters. The molecular weight excluding hydrogens is 413 g/mol. The Morgan fingerprint density at radius 1 is 1.06 bits per heavy atom. The van der Waals surface area contributed by atoms with Crippen molar-refractivity contribution in [2.45, 2.75) is 44.9 Å². The molecule has 2 aliphatic rings. The lowest BCUT2D eigenvalue weighted by Gasteiger charge is -2.29. The van der Waals surface area contributed by atoms with Crippen LogP contribution in [0, 0.1) is 5.82 Å². The first kappa shape index (κ1) is 21.7. The second-order valence-corrected chi connectivity index (χ2v) is 9.82. The van der Waals surface area contributed by atoms with Gasteiger partial charge >= 0.3 is 0 Å². The highest BCUT2D eigenvalue weighted by atomic mass is 19.1. The van der Waals surface area contributed by atoms with Gasteiger partial charge < -0.3 is 10.2 Å². The summed E-state index contributed by atoms with van der Waals surface area (Å²) in [4.78, 5) is 15.6. The van der Waals surface area contributed by atoms with Crippen LogP contribution in [0.4, 0.5) is 16.2 Å². The second kappa shape index (κ2) is 8.34. The first-order valence-electron chi connectivity index (χ1n) is 11.6. The molecule has 5 rings (SSSR count). The van der Waals surface area contributed by atoms with Gasteiger partial charge in [-0.3, -0.25) is 0 Å². The molecule has 1 aliphatic carbocycles. The van der Waals surface area contributed by atoms with E-state index in [0.717, 1.165) is 31.5 Å². The normalized spacial score (nSPS) is 18.2. The Morgan fingerprint density at radius 3 is 2.58 bits per heavy atom. The van der Waals surface area contributed by atoms with Crippen LogP contribution >= 0.6 is 0 Å². The average Bonchev–Trinajstić information content (AvgIpc) is 3.04. The lowest BCUT2D eigenvalue weighted by molar-refractivity contribution is 0.255. The minimum Gasteiger partial charge on any atom is -0.309 e. The molecule has 0 radical (unpaired) electrons. The third-order valence-corrected chi connectivity index (χ3v) is 7.32. The number of anilines is 2. The van der Waals surface area contributed by atoms with Crippen LogP contribution in [0.2, 0.25) is 0 Å². The molecule has 0 amide bonds. The highest BCUT2D eigenvalue weighted by Gasteiger charge is 2.30. The maximum absolute atomic E-state index is 14.7. The molecule has 0 saturated carbocycles. The summed E-state index contributed by atoms with van der Waals surface area (Å²) in [5.74, 6) is 1.10. The molecular formula is C27H30FN5. The van der Waals surface area contributed by atoms with Gasteiger partial charge in [-0.1, -0.05) is 43.7 Å². The summed E-state index contributed by atoms with van der Waals surface area (Å²) in [5.41, 5.74) is 5.90. The summed E-state index contributed by atoms with van der Waals surface area (Å²) in [6, 6.07) is 10.1. The number of rotatable bonds is 4. The molecule has 1 aliphatic heterocycles. The lowest BCUT2D eigenvalue weighted by atomic mass is 9.81. The maximum Gasteiger partial charge on any atom is 0.229 e. The number of hydrogen-bond acceptors (Lipinski definition) is 5. The van der Waals surface area contributed by atoms with Crippen LogP contribution in [0.25, 0.3) is 17.3 Å². The van der Waals surface area contributed by atoms with E-state index in [9.17, 15) is 4.39 Å². The van der Waals surface area contributed by atoms with E-state index in [2.05, 4.69) is 65.1 Å². The van der Waals surface area contributed by atoms with Crippen molar-refractivity contribution in [3.05, 3.63) is 70.8 Å². The average molecular weight is 444 g/mol. The monoisotopic (exact) mass is 443 g/mol. The number of benzene rings is 1. The van der Waals surface area contributed by atoms with Crippen LogP contribution < -0.4 is 5.32 Å². The number of nitrogens with zero attached hydrogens (tertiary/aromatic N) is 4. The first-order chi connectivity index (χ1) is 15.8. The van der Waals surface area contributed by atoms with Crippen molar-refractivity contribution < 1.29 is 4.39 Å². The summed E-state index contributed by atoms with van der Waals surface area (Å²) in [6.07, 6.45) is 7.66. The number of allylic oxidation sites excluding steroid dienone is 1. The topological polar surface area (TPSA) is 53.9 Å². The first-order valence-corrected chi connectivity index (χ1v) is 11.6. The Bertz CT molecular complexity index is 1210. The summed E-state index contributed by atoms with van der Waals surface area (Å²) < 4.78 is 14.7. The predicted octanol–water partition coefficient (Wildman–Crippen LogP) is 5.93. The fourth-order valence-electron chi connectivity index (χ4n) is 4.80. The van der Waals surface area contributed by atoms with Crippen LogP contribution in [0.1, 0.15) is 56.2 Å². The molecule has 5 nitrogen and oxygen atoms in total. The van der Waals surface area contributed by atoms with E-state index in [1.165, 1.54) is 28.5 Å². The summed E-state index contributed by atoms with van der Waals surface area (Å²) in [6.45, 7) is 8.76. The standard InChI is InChI=1S/C27H30FN5/c1-17-13-19-5-6-20(14-22(19)27(17,2)3)25-23(28)16-30-26(32-25)31-24-8-7-21(15-29-24)18-9-11-33(4)12-10-18/h5-8,13-16,18H,9-12H2,1-4H3,(H,29,30,31,32). The zero-order valence-corrected chi connectivity index (χ0v) is 19.7. The number of fused-ring (bicyclic) bond motifs is 1. The molecule has 170 valence electrons. The highest BCUT2D eigenvalue weighted by Crippen LogP contribution is 2.42. The van der Waals surface area contributed by atoms with E-state index in [-0.39, 0.29) is 5.41 Å². The predicted molar refractivity (Wildman–Crippen MR) is 131 cm³/mol. The third kappa shape index (κ3) is 4.15. The Kier molecular flexibility index (Phi) is 5.49. The van der Waals surface area contributed by atoms with E-state index < -0.39 is 5.82 Å². The zero-order chi connectivity index (χ0) is 23.2. The number of pyridine rings is 1. The Hall–Kier alpha value is -3.12. The third-order valence-electron chi connectivity index (χ3n) is 7.32. The van der Waals surface area contributed by atoms with Crippen molar-refractivity contribution in [1.29, 1.82) is 0 Å². The Morgan fingerprint density at radius 2 is 1.85 bits per heavy atom. The van der Waals surface area contributed by atoms with E-state index in [1.807, 2.05) is 30.5 Å². The molecule has 0 atom stereocenters. The fourth-order valence-corrected chi connectivity index (χ4v) is 4.80. The van der Waals surface area contributed by atoms with Gasteiger partial charge in [0.15, 0.2) is 5.82 Å². The molecule has 33 heavy (non-hydrogen) atoms. The van der Waals surface area contributed by atoms with Gasteiger partial charge in [0.1, 0.15) is 11.5 Å². The van der Waals surface area contributed by atoms with Crippen LogP contribution in [0.3, 0.4) is 0 Å². The second-order valence-electron chi connectivity index (χ2n) is 9.82. The molecule has 1 N–H and O–H groups in total. The molecule has 0 bridgehead atoms. The van der Waals surface area contributed by atoms with E-state index >= 15 is 0 Å². The quantitative estimate of drug-likeness (QED) is 0.542. The number of piperidine rings is 1. The van der Waals surface area contributed by atoms with Gasteiger partial charge in [0.25, 0.3) is 0 Å². The lowest BCUT2D eigenvalue weighted by Crippen LogP contribution is -2.29. The molecule has 1 saturated heterocycles. The smallest absolute Gasteiger partial charge is 0.229 e. The van der Waals surface area contributed by atoms with Crippen LogP contribution in [0.5, 0.6) is 0 Å². The molecule has 0 spiro atoms. The van der Waals surface area contributed by atoms with Crippen LogP contribution in [-0.2, 0) is 5.41 Å². The number of hydrogen-bond donors (Lipinski definition) is 1. The van der Waals surface area contributed by atoms with Gasteiger partial charge in [-0.15, -0.1) is 0 Å². The number of halogens is 1. The Labute approximate surface area is 194 Å². The zero-order valence-electron chi connectivity index (χ0n) is 19.7. The molecule has 1 aromatic carbocycles. The van der Waals surface area contributed by atoms with Crippen molar-refractivity contribution in [2.75, 3.05) is 25.5 Å². The van der Waals surface area contributed by atoms with Gasteiger partial charge in [0, 0.05) is 17.2 Å². The van der Waals surface area contributed by atoms with Crippen molar-refractivity contribution >= 4 is 17.8 Å².